The number of fused-ring (bicyclic) bond motifs is 1. The fraction of sp³-hybridized carbons (Fsp3) is 0.200. The van der Waals surface area contributed by atoms with E-state index in [4.69, 9.17) is 4.52 Å². The molecular weight excluding hydrogens is 252 g/mol. The van der Waals surface area contributed by atoms with Gasteiger partial charge >= 0.3 is 0 Å². The van der Waals surface area contributed by atoms with E-state index in [9.17, 15) is 0 Å². The molecule has 3 aromatic rings. The maximum absolute atomic E-state index is 5.40. The molecule has 5 heteroatoms. The monoisotopic (exact) mass is 266 g/mol. The number of nitrogens with zero attached hydrogens (tertiary/aromatic N) is 2. The van der Waals surface area contributed by atoms with E-state index < -0.39 is 0 Å². The van der Waals surface area contributed by atoms with E-state index in [2.05, 4.69) is 44.7 Å². The van der Waals surface area contributed by atoms with E-state index in [0.717, 1.165) is 18.7 Å². The number of rotatable bonds is 2. The summed E-state index contributed by atoms with van der Waals surface area (Å²) in [6, 6.07) is 12.4. The van der Waals surface area contributed by atoms with E-state index in [0.29, 0.717) is 11.7 Å². The summed E-state index contributed by atoms with van der Waals surface area (Å²) in [6.07, 6.45) is 2.73. The van der Waals surface area contributed by atoms with Crippen LogP contribution in [-0.2, 0) is 13.0 Å². The van der Waals surface area contributed by atoms with Gasteiger partial charge in [0.15, 0.2) is 0 Å². The lowest BCUT2D eigenvalue weighted by Crippen LogP contribution is -2.28. The van der Waals surface area contributed by atoms with Gasteiger partial charge in [0.2, 0.25) is 11.7 Å². The van der Waals surface area contributed by atoms with Gasteiger partial charge in [-0.05, 0) is 29.7 Å². The Bertz CT molecular complexity index is 717. The first-order valence-corrected chi connectivity index (χ1v) is 6.68. The van der Waals surface area contributed by atoms with Crippen molar-refractivity contribution < 1.29 is 4.52 Å². The average molecular weight is 266 g/mol. The van der Waals surface area contributed by atoms with Crippen LogP contribution in [0.2, 0.25) is 0 Å². The van der Waals surface area contributed by atoms with Crippen molar-refractivity contribution in [2.45, 2.75) is 19.0 Å². The summed E-state index contributed by atoms with van der Waals surface area (Å²) in [5, 5.41) is 7.48. The van der Waals surface area contributed by atoms with Crippen LogP contribution in [0.5, 0.6) is 0 Å². The molecule has 0 saturated heterocycles. The zero-order valence-electron chi connectivity index (χ0n) is 10.8. The van der Waals surface area contributed by atoms with Crippen molar-refractivity contribution in [3.8, 4) is 11.5 Å². The number of H-pyrrole nitrogens is 1. The Balaban J connectivity index is 1.60. The molecule has 0 unspecified atom stereocenters. The van der Waals surface area contributed by atoms with Gasteiger partial charge in [0, 0.05) is 12.7 Å². The number of hydrogen-bond donors (Lipinski definition) is 2. The van der Waals surface area contributed by atoms with Crippen LogP contribution in [0.25, 0.3) is 11.5 Å². The third kappa shape index (κ3) is 1.92. The number of hydrogen-bond acceptors (Lipinski definition) is 4. The van der Waals surface area contributed by atoms with E-state index in [1.807, 2.05) is 18.3 Å². The van der Waals surface area contributed by atoms with Gasteiger partial charge in [-0.2, -0.15) is 4.98 Å². The second-order valence-corrected chi connectivity index (χ2v) is 4.95. The molecule has 1 aliphatic rings. The Morgan fingerprint density at radius 3 is 2.85 bits per heavy atom. The highest BCUT2D eigenvalue weighted by molar-refractivity contribution is 5.48. The molecule has 0 bridgehead atoms. The predicted molar refractivity (Wildman–Crippen MR) is 73.8 cm³/mol. The summed E-state index contributed by atoms with van der Waals surface area (Å²) in [7, 11) is 0. The molecule has 2 aromatic heterocycles. The average Bonchev–Trinajstić information content (AvgIpc) is 3.17. The third-order valence-electron chi connectivity index (χ3n) is 3.66. The molecule has 0 spiro atoms. The smallest absolute Gasteiger partial charge is 0.244 e. The normalized spacial score (nSPS) is 17.9. The zero-order chi connectivity index (χ0) is 13.4. The van der Waals surface area contributed by atoms with E-state index in [-0.39, 0.29) is 6.04 Å². The van der Waals surface area contributed by atoms with Crippen molar-refractivity contribution in [2.75, 3.05) is 0 Å². The van der Waals surface area contributed by atoms with E-state index >= 15 is 0 Å². The summed E-state index contributed by atoms with van der Waals surface area (Å²) < 4.78 is 5.40. The first-order chi connectivity index (χ1) is 9.90. The lowest BCUT2D eigenvalue weighted by atomic mass is 9.96. The van der Waals surface area contributed by atoms with Crippen molar-refractivity contribution in [1.29, 1.82) is 0 Å². The molecule has 0 fully saturated rings. The fourth-order valence-electron chi connectivity index (χ4n) is 2.58. The Morgan fingerprint density at radius 1 is 1.10 bits per heavy atom. The molecule has 3 heterocycles. The van der Waals surface area contributed by atoms with Crippen LogP contribution in [0, 0.1) is 0 Å². The Hall–Kier alpha value is -2.40. The lowest BCUT2D eigenvalue weighted by molar-refractivity contribution is 0.321. The molecule has 1 aromatic carbocycles. The SMILES string of the molecule is c1c[nH]c(-c2noc([C@@H]3Cc4ccccc4CN3)n2)c1. The second kappa shape index (κ2) is 4.61. The highest BCUT2D eigenvalue weighted by Crippen LogP contribution is 2.26. The summed E-state index contributed by atoms with van der Waals surface area (Å²) >= 11 is 0. The van der Waals surface area contributed by atoms with Crippen molar-refractivity contribution in [3.05, 3.63) is 59.6 Å². The maximum atomic E-state index is 5.40. The standard InChI is InChI=1S/C15H14N4O/c1-2-5-11-9-17-13(8-10(11)4-1)15-18-14(19-20-15)12-6-3-7-16-12/h1-7,13,16-17H,8-9H2/t13-/m0/s1. The van der Waals surface area contributed by atoms with Gasteiger partial charge in [-0.1, -0.05) is 29.4 Å². The Labute approximate surface area is 116 Å². The van der Waals surface area contributed by atoms with Crippen LogP contribution >= 0.6 is 0 Å². The van der Waals surface area contributed by atoms with Crippen molar-refractivity contribution in [3.63, 3.8) is 0 Å². The minimum atomic E-state index is 0.0844. The summed E-state index contributed by atoms with van der Waals surface area (Å²) in [5.74, 6) is 1.25. The topological polar surface area (TPSA) is 66.7 Å². The van der Waals surface area contributed by atoms with Gasteiger partial charge < -0.3 is 14.8 Å². The van der Waals surface area contributed by atoms with Gasteiger partial charge in [-0.25, -0.2) is 0 Å². The number of benzene rings is 1. The first-order valence-electron chi connectivity index (χ1n) is 6.68. The quantitative estimate of drug-likeness (QED) is 0.747. The van der Waals surface area contributed by atoms with E-state index in [1.165, 1.54) is 11.1 Å². The molecule has 100 valence electrons. The van der Waals surface area contributed by atoms with Crippen LogP contribution in [0.3, 0.4) is 0 Å². The number of aromatic nitrogens is 3. The molecule has 2 N–H and O–H groups in total. The molecule has 0 radical (unpaired) electrons. The molecule has 1 aliphatic heterocycles. The van der Waals surface area contributed by atoms with Crippen LogP contribution in [0.4, 0.5) is 0 Å². The first kappa shape index (κ1) is 11.4. The molecule has 1 atom stereocenters. The summed E-state index contributed by atoms with van der Waals surface area (Å²) in [5.41, 5.74) is 3.56. The van der Waals surface area contributed by atoms with E-state index in [1.54, 1.807) is 0 Å². The van der Waals surface area contributed by atoms with Crippen molar-refractivity contribution >= 4 is 0 Å². The fourth-order valence-corrected chi connectivity index (χ4v) is 2.58. The maximum Gasteiger partial charge on any atom is 0.244 e. The minimum Gasteiger partial charge on any atom is -0.359 e. The minimum absolute atomic E-state index is 0.0844. The second-order valence-electron chi connectivity index (χ2n) is 4.95. The van der Waals surface area contributed by atoms with Gasteiger partial charge in [0.1, 0.15) is 0 Å². The largest absolute Gasteiger partial charge is 0.359 e. The highest BCUT2D eigenvalue weighted by atomic mass is 16.5. The van der Waals surface area contributed by atoms with Crippen LogP contribution in [0.15, 0.2) is 47.1 Å². The molecule has 5 nitrogen and oxygen atoms in total. The third-order valence-corrected chi connectivity index (χ3v) is 3.66. The Kier molecular flexibility index (Phi) is 2.63. The molecule has 4 rings (SSSR count). The van der Waals surface area contributed by atoms with Gasteiger partial charge in [0.05, 0.1) is 11.7 Å². The van der Waals surface area contributed by atoms with Crippen molar-refractivity contribution in [1.82, 2.24) is 20.4 Å². The number of nitrogens with one attached hydrogen (secondary N) is 2. The van der Waals surface area contributed by atoms with Crippen LogP contribution in [0.1, 0.15) is 23.1 Å². The summed E-state index contributed by atoms with van der Waals surface area (Å²) in [6.45, 7) is 0.834. The van der Waals surface area contributed by atoms with Crippen LogP contribution < -0.4 is 5.32 Å². The predicted octanol–water partition coefficient (Wildman–Crippen LogP) is 2.45. The van der Waals surface area contributed by atoms with Gasteiger partial charge in [-0.3, -0.25) is 0 Å². The lowest BCUT2D eigenvalue weighted by Gasteiger charge is -2.23. The summed E-state index contributed by atoms with van der Waals surface area (Å²) in [4.78, 5) is 7.56. The molecular formula is C15H14N4O. The molecule has 0 saturated carbocycles. The molecule has 20 heavy (non-hydrogen) atoms. The van der Waals surface area contributed by atoms with Gasteiger partial charge in [0.25, 0.3) is 0 Å². The number of aromatic amines is 1. The Morgan fingerprint density at radius 2 is 2.00 bits per heavy atom. The van der Waals surface area contributed by atoms with Crippen molar-refractivity contribution in [2.24, 2.45) is 0 Å². The highest BCUT2D eigenvalue weighted by Gasteiger charge is 2.24. The molecule has 0 amide bonds. The van der Waals surface area contributed by atoms with Gasteiger partial charge in [-0.15, -0.1) is 0 Å². The zero-order valence-corrected chi connectivity index (χ0v) is 10.8. The van der Waals surface area contributed by atoms with Crippen LogP contribution in [-0.4, -0.2) is 15.1 Å². The molecule has 0 aliphatic carbocycles.